The van der Waals surface area contributed by atoms with E-state index in [9.17, 15) is 0 Å². The third-order valence-corrected chi connectivity index (χ3v) is 5.51. The molecule has 2 aromatic rings. The standard InChI is InChI=1S/C19H21BBrFO3/c1-18(2)19(3,4)25-20(24-18)16-14(21)10-11-15(17(16)22)23-12-13-8-6-5-7-9-13/h5-11H,12H2,1-4H3. The fourth-order valence-corrected chi connectivity index (χ4v) is 3.07. The summed E-state index contributed by atoms with van der Waals surface area (Å²) in [6, 6.07) is 13.0. The minimum atomic E-state index is -0.792. The molecule has 132 valence electrons. The van der Waals surface area contributed by atoms with E-state index >= 15 is 4.39 Å². The molecular formula is C19H21BBrFO3. The summed E-state index contributed by atoms with van der Waals surface area (Å²) in [6.07, 6.45) is 0. The molecule has 1 aliphatic heterocycles. The number of ether oxygens (including phenoxy) is 1. The second-order valence-electron chi connectivity index (χ2n) is 7.14. The Labute approximate surface area is 156 Å². The van der Waals surface area contributed by atoms with Crippen LogP contribution in [0.15, 0.2) is 46.9 Å². The van der Waals surface area contributed by atoms with Crippen molar-refractivity contribution in [2.24, 2.45) is 0 Å². The third-order valence-electron chi connectivity index (χ3n) is 4.82. The summed E-state index contributed by atoms with van der Waals surface area (Å²) in [6.45, 7) is 8.05. The van der Waals surface area contributed by atoms with E-state index in [2.05, 4.69) is 15.9 Å². The predicted molar refractivity (Wildman–Crippen MR) is 101 cm³/mol. The van der Waals surface area contributed by atoms with E-state index in [1.165, 1.54) is 0 Å². The van der Waals surface area contributed by atoms with Crippen molar-refractivity contribution in [1.82, 2.24) is 0 Å². The van der Waals surface area contributed by atoms with Gasteiger partial charge in [-0.3, -0.25) is 0 Å². The van der Waals surface area contributed by atoms with Crippen molar-refractivity contribution in [3.05, 3.63) is 58.3 Å². The van der Waals surface area contributed by atoms with E-state index in [4.69, 9.17) is 14.0 Å². The summed E-state index contributed by atoms with van der Waals surface area (Å²) >= 11 is 3.41. The first-order chi connectivity index (χ1) is 11.7. The minimum absolute atomic E-state index is 0.178. The summed E-state index contributed by atoms with van der Waals surface area (Å²) < 4.78 is 33.3. The van der Waals surface area contributed by atoms with Crippen LogP contribution >= 0.6 is 15.9 Å². The Hall–Kier alpha value is -1.37. The van der Waals surface area contributed by atoms with Gasteiger partial charge in [-0.25, -0.2) is 4.39 Å². The van der Waals surface area contributed by atoms with E-state index in [1.54, 1.807) is 12.1 Å². The van der Waals surface area contributed by atoms with Gasteiger partial charge in [0.15, 0.2) is 11.6 Å². The molecule has 6 heteroatoms. The largest absolute Gasteiger partial charge is 0.499 e. The van der Waals surface area contributed by atoms with Crippen LogP contribution in [-0.2, 0) is 15.9 Å². The van der Waals surface area contributed by atoms with Crippen molar-refractivity contribution in [2.75, 3.05) is 0 Å². The Kier molecular flexibility index (Phi) is 4.97. The van der Waals surface area contributed by atoms with Crippen molar-refractivity contribution in [1.29, 1.82) is 0 Å². The maximum Gasteiger partial charge on any atom is 0.499 e. The fourth-order valence-electron chi connectivity index (χ4n) is 2.57. The zero-order chi connectivity index (χ0) is 18.2. The van der Waals surface area contributed by atoms with E-state index < -0.39 is 24.1 Å². The lowest BCUT2D eigenvalue weighted by Crippen LogP contribution is -2.41. The Balaban J connectivity index is 1.86. The van der Waals surface area contributed by atoms with Gasteiger partial charge in [-0.2, -0.15) is 0 Å². The van der Waals surface area contributed by atoms with Gasteiger partial charge in [0.1, 0.15) is 6.61 Å². The van der Waals surface area contributed by atoms with Gasteiger partial charge in [0, 0.05) is 9.94 Å². The van der Waals surface area contributed by atoms with Crippen LogP contribution in [0.2, 0.25) is 0 Å². The lowest BCUT2D eigenvalue weighted by atomic mass is 9.78. The first-order valence-electron chi connectivity index (χ1n) is 8.21. The third kappa shape index (κ3) is 3.61. The van der Waals surface area contributed by atoms with Crippen molar-refractivity contribution in [3.8, 4) is 5.75 Å². The molecule has 1 fully saturated rings. The lowest BCUT2D eigenvalue weighted by Gasteiger charge is -2.32. The van der Waals surface area contributed by atoms with Crippen molar-refractivity contribution in [3.63, 3.8) is 0 Å². The van der Waals surface area contributed by atoms with Gasteiger partial charge in [-0.1, -0.05) is 46.3 Å². The summed E-state index contributed by atoms with van der Waals surface area (Å²) in [7, 11) is -0.792. The molecule has 0 aromatic heterocycles. The predicted octanol–water partition coefficient (Wildman–Crippen LogP) is 4.47. The van der Waals surface area contributed by atoms with Crippen LogP contribution in [-0.4, -0.2) is 18.3 Å². The molecular weight excluding hydrogens is 386 g/mol. The van der Waals surface area contributed by atoms with Crippen molar-refractivity contribution < 1.29 is 18.4 Å². The van der Waals surface area contributed by atoms with E-state index in [0.717, 1.165) is 5.56 Å². The minimum Gasteiger partial charge on any atom is -0.486 e. The summed E-state index contributed by atoms with van der Waals surface area (Å²) in [5.41, 5.74) is 0.223. The highest BCUT2D eigenvalue weighted by atomic mass is 79.9. The second-order valence-corrected chi connectivity index (χ2v) is 7.99. The molecule has 0 bridgehead atoms. The van der Waals surface area contributed by atoms with Crippen LogP contribution in [0.3, 0.4) is 0 Å². The Morgan fingerprint density at radius 3 is 2.20 bits per heavy atom. The molecule has 0 saturated carbocycles. The zero-order valence-electron chi connectivity index (χ0n) is 14.8. The molecule has 3 rings (SSSR count). The Bertz CT molecular complexity index is 749. The van der Waals surface area contributed by atoms with Gasteiger partial charge < -0.3 is 14.0 Å². The van der Waals surface area contributed by atoms with E-state index in [1.807, 2.05) is 58.0 Å². The topological polar surface area (TPSA) is 27.7 Å². The smallest absolute Gasteiger partial charge is 0.486 e. The SMILES string of the molecule is CC1(C)OB(c2c(Br)ccc(OCc3ccccc3)c2F)OC1(C)C. The van der Waals surface area contributed by atoms with Crippen LogP contribution in [0, 0.1) is 5.82 Å². The van der Waals surface area contributed by atoms with Gasteiger partial charge in [-0.05, 0) is 45.4 Å². The second kappa shape index (κ2) is 6.74. The monoisotopic (exact) mass is 406 g/mol. The number of benzene rings is 2. The molecule has 3 nitrogen and oxygen atoms in total. The van der Waals surface area contributed by atoms with Gasteiger partial charge in [0.2, 0.25) is 0 Å². The molecule has 2 aromatic carbocycles. The highest BCUT2D eigenvalue weighted by Crippen LogP contribution is 2.37. The molecule has 0 aliphatic carbocycles. The molecule has 0 N–H and O–H groups in total. The molecule has 0 radical (unpaired) electrons. The Morgan fingerprint density at radius 1 is 1.00 bits per heavy atom. The molecule has 0 unspecified atom stereocenters. The number of hydrogen-bond donors (Lipinski definition) is 0. The normalized spacial score (nSPS) is 18.4. The first kappa shape index (κ1) is 18.4. The van der Waals surface area contributed by atoms with Crippen LogP contribution in [0.4, 0.5) is 4.39 Å². The van der Waals surface area contributed by atoms with Crippen LogP contribution in [0.5, 0.6) is 5.75 Å². The summed E-state index contributed by atoms with van der Waals surface area (Å²) in [5, 5.41) is 0. The number of halogens is 2. The highest BCUT2D eigenvalue weighted by molar-refractivity contribution is 9.10. The van der Waals surface area contributed by atoms with Gasteiger partial charge >= 0.3 is 7.12 Å². The average Bonchev–Trinajstić information content (AvgIpc) is 2.75. The van der Waals surface area contributed by atoms with Gasteiger partial charge in [-0.15, -0.1) is 0 Å². The van der Waals surface area contributed by atoms with Gasteiger partial charge in [0.25, 0.3) is 0 Å². The highest BCUT2D eigenvalue weighted by Gasteiger charge is 2.53. The zero-order valence-corrected chi connectivity index (χ0v) is 16.4. The van der Waals surface area contributed by atoms with Crippen molar-refractivity contribution in [2.45, 2.75) is 45.5 Å². The number of rotatable bonds is 4. The maximum atomic E-state index is 15.1. The molecule has 1 saturated heterocycles. The van der Waals surface area contributed by atoms with Gasteiger partial charge in [0.05, 0.1) is 11.2 Å². The van der Waals surface area contributed by atoms with E-state index in [-0.39, 0.29) is 5.75 Å². The molecule has 1 aliphatic rings. The molecule has 0 amide bonds. The quantitative estimate of drug-likeness (QED) is 0.701. The molecule has 0 spiro atoms. The fraction of sp³-hybridized carbons (Fsp3) is 0.368. The Morgan fingerprint density at radius 2 is 1.60 bits per heavy atom. The van der Waals surface area contributed by atoms with Crippen LogP contribution < -0.4 is 10.2 Å². The average molecular weight is 407 g/mol. The molecule has 0 atom stereocenters. The lowest BCUT2D eigenvalue weighted by molar-refractivity contribution is 0.00578. The summed E-state index contributed by atoms with van der Waals surface area (Å²) in [5.74, 6) is -0.291. The summed E-state index contributed by atoms with van der Waals surface area (Å²) in [4.78, 5) is 0. The molecule has 25 heavy (non-hydrogen) atoms. The van der Waals surface area contributed by atoms with E-state index in [0.29, 0.717) is 16.5 Å². The van der Waals surface area contributed by atoms with Crippen molar-refractivity contribution >= 4 is 28.5 Å². The maximum absolute atomic E-state index is 15.1. The van der Waals surface area contributed by atoms with Crippen LogP contribution in [0.25, 0.3) is 0 Å². The first-order valence-corrected chi connectivity index (χ1v) is 9.01. The van der Waals surface area contributed by atoms with Crippen LogP contribution in [0.1, 0.15) is 33.3 Å². The number of hydrogen-bond acceptors (Lipinski definition) is 3. The molecule has 1 heterocycles.